The second-order valence-corrected chi connectivity index (χ2v) is 4.76. The highest BCUT2D eigenvalue weighted by molar-refractivity contribution is 7.15. The molecule has 0 aliphatic heterocycles. The molecule has 0 bridgehead atoms. The smallest absolute Gasteiger partial charge is 0.324 e. The lowest BCUT2D eigenvalue weighted by molar-refractivity contribution is -0.137. The number of nitrogens with zero attached hydrogens (tertiary/aromatic N) is 2. The predicted molar refractivity (Wildman–Crippen MR) is 67.2 cm³/mol. The van der Waals surface area contributed by atoms with Crippen LogP contribution < -0.4 is 11.1 Å². The molecule has 0 radical (unpaired) electrons. The Hall–Kier alpha value is -2.00. The van der Waals surface area contributed by atoms with E-state index >= 15 is 0 Å². The molecule has 0 aliphatic rings. The second kappa shape index (κ2) is 5.55. The molecule has 1 aromatic heterocycles. The SMILES string of the molecule is NCc1nnc(NC(=O)c2ccccc2C(F)(F)F)s1. The van der Waals surface area contributed by atoms with Gasteiger partial charge in [-0.3, -0.25) is 10.1 Å². The van der Waals surface area contributed by atoms with Crippen LogP contribution in [0, 0.1) is 0 Å². The summed E-state index contributed by atoms with van der Waals surface area (Å²) < 4.78 is 38.4. The van der Waals surface area contributed by atoms with E-state index < -0.39 is 23.2 Å². The van der Waals surface area contributed by atoms with Crippen molar-refractivity contribution in [2.24, 2.45) is 5.73 Å². The highest BCUT2D eigenvalue weighted by atomic mass is 32.1. The molecule has 9 heteroatoms. The van der Waals surface area contributed by atoms with Gasteiger partial charge in [-0.25, -0.2) is 0 Å². The van der Waals surface area contributed by atoms with Gasteiger partial charge in [0.25, 0.3) is 5.91 Å². The molecule has 1 amide bonds. The van der Waals surface area contributed by atoms with Gasteiger partial charge in [-0.15, -0.1) is 10.2 Å². The van der Waals surface area contributed by atoms with E-state index in [2.05, 4.69) is 15.5 Å². The molecule has 1 heterocycles. The Morgan fingerprint density at radius 2 is 2.00 bits per heavy atom. The van der Waals surface area contributed by atoms with Crippen molar-refractivity contribution in [2.45, 2.75) is 12.7 Å². The summed E-state index contributed by atoms with van der Waals surface area (Å²) in [6, 6.07) is 4.52. The van der Waals surface area contributed by atoms with Gasteiger partial charge in [0.15, 0.2) is 0 Å². The summed E-state index contributed by atoms with van der Waals surface area (Å²) in [7, 11) is 0. The molecule has 0 saturated carbocycles. The number of anilines is 1. The lowest BCUT2D eigenvalue weighted by Gasteiger charge is -2.11. The Morgan fingerprint density at radius 1 is 1.30 bits per heavy atom. The van der Waals surface area contributed by atoms with Crippen molar-refractivity contribution in [2.75, 3.05) is 5.32 Å². The molecule has 0 saturated heterocycles. The van der Waals surface area contributed by atoms with E-state index in [0.717, 1.165) is 23.5 Å². The zero-order valence-corrected chi connectivity index (χ0v) is 10.8. The molecule has 1 aromatic carbocycles. The highest BCUT2D eigenvalue weighted by Crippen LogP contribution is 2.32. The number of hydrogen-bond donors (Lipinski definition) is 2. The van der Waals surface area contributed by atoms with Gasteiger partial charge in [-0.1, -0.05) is 23.5 Å². The van der Waals surface area contributed by atoms with Crippen LogP contribution in [0.3, 0.4) is 0 Å². The predicted octanol–water partition coefficient (Wildman–Crippen LogP) is 2.27. The summed E-state index contributed by atoms with van der Waals surface area (Å²) in [4.78, 5) is 11.9. The summed E-state index contributed by atoms with van der Waals surface area (Å²) in [6.07, 6.45) is -4.60. The first-order valence-electron chi connectivity index (χ1n) is 5.42. The molecule has 3 N–H and O–H groups in total. The summed E-state index contributed by atoms with van der Waals surface area (Å²) in [5.41, 5.74) is 3.87. The Morgan fingerprint density at radius 3 is 2.60 bits per heavy atom. The van der Waals surface area contributed by atoms with Crippen molar-refractivity contribution >= 4 is 22.4 Å². The van der Waals surface area contributed by atoms with Crippen molar-refractivity contribution in [1.29, 1.82) is 0 Å². The van der Waals surface area contributed by atoms with Gasteiger partial charge < -0.3 is 5.73 Å². The summed E-state index contributed by atoms with van der Waals surface area (Å²) in [6.45, 7) is 0.146. The first kappa shape index (κ1) is 14.4. The van der Waals surface area contributed by atoms with Gasteiger partial charge >= 0.3 is 6.18 Å². The number of carbonyl (C=O) groups excluding carboxylic acids is 1. The fraction of sp³-hybridized carbons (Fsp3) is 0.182. The summed E-state index contributed by atoms with van der Waals surface area (Å²) in [5.74, 6) is -0.891. The molecule has 0 atom stereocenters. The van der Waals surface area contributed by atoms with Crippen LogP contribution in [0.4, 0.5) is 18.3 Å². The molecule has 5 nitrogen and oxygen atoms in total. The van der Waals surface area contributed by atoms with E-state index in [1.165, 1.54) is 12.1 Å². The third-order valence-electron chi connectivity index (χ3n) is 2.34. The number of nitrogens with two attached hydrogens (primary N) is 1. The Bertz CT molecular complexity index is 626. The topological polar surface area (TPSA) is 80.9 Å². The molecular weight excluding hydrogens is 293 g/mol. The van der Waals surface area contributed by atoms with Crippen molar-refractivity contribution < 1.29 is 18.0 Å². The molecule has 106 valence electrons. The van der Waals surface area contributed by atoms with Crippen LogP contribution in [0.1, 0.15) is 20.9 Å². The van der Waals surface area contributed by atoms with E-state index in [9.17, 15) is 18.0 Å². The quantitative estimate of drug-likeness (QED) is 0.911. The van der Waals surface area contributed by atoms with Crippen molar-refractivity contribution in [3.63, 3.8) is 0 Å². The van der Waals surface area contributed by atoms with E-state index in [1.807, 2.05) is 0 Å². The number of rotatable bonds is 3. The first-order chi connectivity index (χ1) is 9.41. The van der Waals surface area contributed by atoms with Crippen LogP contribution in [0.15, 0.2) is 24.3 Å². The fourth-order valence-electron chi connectivity index (χ4n) is 1.48. The van der Waals surface area contributed by atoms with Crippen LogP contribution in [-0.2, 0) is 12.7 Å². The number of carbonyl (C=O) groups is 1. The minimum absolute atomic E-state index is 0.104. The van der Waals surface area contributed by atoms with Gasteiger partial charge in [0.1, 0.15) is 5.01 Å². The fourth-order valence-corrected chi connectivity index (χ4v) is 2.09. The third kappa shape index (κ3) is 3.11. The molecular formula is C11H9F3N4OS. The minimum atomic E-state index is -4.60. The Balaban J connectivity index is 2.25. The van der Waals surface area contributed by atoms with Crippen LogP contribution >= 0.6 is 11.3 Å². The molecule has 2 aromatic rings. The van der Waals surface area contributed by atoms with E-state index in [0.29, 0.717) is 5.01 Å². The average molecular weight is 302 g/mol. The lowest BCUT2D eigenvalue weighted by atomic mass is 10.1. The number of benzene rings is 1. The maximum atomic E-state index is 12.8. The number of aromatic nitrogens is 2. The monoisotopic (exact) mass is 302 g/mol. The molecule has 0 fully saturated rings. The molecule has 2 rings (SSSR count). The van der Waals surface area contributed by atoms with Crippen LogP contribution in [0.2, 0.25) is 0 Å². The van der Waals surface area contributed by atoms with Crippen LogP contribution in [0.5, 0.6) is 0 Å². The van der Waals surface area contributed by atoms with Gasteiger partial charge in [-0.2, -0.15) is 13.2 Å². The molecule has 0 spiro atoms. The van der Waals surface area contributed by atoms with Gasteiger partial charge in [0.2, 0.25) is 5.13 Å². The van der Waals surface area contributed by atoms with Gasteiger partial charge in [-0.05, 0) is 12.1 Å². The number of halogens is 3. The second-order valence-electron chi connectivity index (χ2n) is 3.70. The highest BCUT2D eigenvalue weighted by Gasteiger charge is 2.34. The van der Waals surface area contributed by atoms with E-state index in [-0.39, 0.29) is 11.7 Å². The average Bonchev–Trinajstić information content (AvgIpc) is 2.85. The Labute approximate surface area is 115 Å². The number of amides is 1. The number of nitrogens with one attached hydrogen (secondary N) is 1. The van der Waals surface area contributed by atoms with Crippen molar-refractivity contribution in [3.05, 3.63) is 40.4 Å². The first-order valence-corrected chi connectivity index (χ1v) is 6.23. The van der Waals surface area contributed by atoms with E-state index in [4.69, 9.17) is 5.73 Å². The Kier molecular flexibility index (Phi) is 4.00. The number of alkyl halides is 3. The number of hydrogen-bond acceptors (Lipinski definition) is 5. The molecule has 0 unspecified atom stereocenters. The van der Waals surface area contributed by atoms with Crippen molar-refractivity contribution in [1.82, 2.24) is 10.2 Å². The zero-order valence-electron chi connectivity index (χ0n) is 9.94. The summed E-state index contributed by atoms with van der Waals surface area (Å²) >= 11 is 1.01. The molecule has 20 heavy (non-hydrogen) atoms. The summed E-state index contributed by atoms with van der Waals surface area (Å²) in [5, 5.41) is 10.1. The van der Waals surface area contributed by atoms with Crippen LogP contribution in [0.25, 0.3) is 0 Å². The van der Waals surface area contributed by atoms with Gasteiger partial charge in [0.05, 0.1) is 11.1 Å². The third-order valence-corrected chi connectivity index (χ3v) is 3.20. The molecule has 0 aliphatic carbocycles. The maximum Gasteiger partial charge on any atom is 0.417 e. The van der Waals surface area contributed by atoms with Crippen molar-refractivity contribution in [3.8, 4) is 0 Å². The maximum absolute atomic E-state index is 12.8. The van der Waals surface area contributed by atoms with E-state index in [1.54, 1.807) is 0 Å². The zero-order chi connectivity index (χ0) is 14.8. The lowest BCUT2D eigenvalue weighted by Crippen LogP contribution is -2.18. The van der Waals surface area contributed by atoms with Gasteiger partial charge in [0, 0.05) is 6.54 Å². The largest absolute Gasteiger partial charge is 0.417 e. The van der Waals surface area contributed by atoms with Crippen LogP contribution in [-0.4, -0.2) is 16.1 Å². The minimum Gasteiger partial charge on any atom is -0.324 e. The normalized spacial score (nSPS) is 11.4. The standard InChI is InChI=1S/C11H9F3N4OS/c12-11(13,14)7-4-2-1-3-6(7)9(19)16-10-18-17-8(5-15)20-10/h1-4H,5,15H2,(H,16,18,19).